The Hall–Kier alpha value is -0.290. The monoisotopic (exact) mass is 150 g/mol. The predicted octanol–water partition coefficient (Wildman–Crippen LogP) is 0.303. The van der Waals surface area contributed by atoms with Crippen LogP contribution in [0.2, 0.25) is 0 Å². The minimum atomic E-state index is -0.225. The van der Waals surface area contributed by atoms with E-state index in [9.17, 15) is 4.79 Å². The Morgan fingerprint density at radius 3 is 2.50 bits per heavy atom. The van der Waals surface area contributed by atoms with E-state index in [1.54, 1.807) is 6.26 Å². The minimum Gasteiger partial charge on any atom is -0.376 e. The van der Waals surface area contributed by atoms with Gasteiger partial charge in [-0.05, 0) is 18.5 Å². The number of thiocarbonyl (C=S) groups is 1. The van der Waals surface area contributed by atoms with Crippen molar-refractivity contribution in [3.8, 4) is 0 Å². The van der Waals surface area contributed by atoms with E-state index in [-0.39, 0.29) is 10.4 Å². The summed E-state index contributed by atoms with van der Waals surface area (Å²) in [7, 11) is 0. The largest absolute Gasteiger partial charge is 0.376 e. The quantitative estimate of drug-likeness (QED) is 0.488. The Labute approximate surface area is 57.0 Å². The predicted molar refractivity (Wildman–Crippen MR) is 38.8 cm³/mol. The van der Waals surface area contributed by atoms with Gasteiger partial charge in [0.05, 0.1) is 0 Å². The first kappa shape index (κ1) is 7.71. The third kappa shape index (κ3) is 3.89. The van der Waals surface area contributed by atoms with E-state index in [4.69, 9.17) is 5.73 Å². The number of nitrogens with two attached hydrogens (primary N) is 1. The number of rotatable bonds is 0. The fourth-order valence-electron chi connectivity index (χ4n) is 0.152. The van der Waals surface area contributed by atoms with Crippen LogP contribution in [0.4, 0.5) is 4.79 Å². The smallest absolute Gasteiger partial charge is 0.284 e. The molecule has 0 unspecified atom stereocenters. The van der Waals surface area contributed by atoms with Gasteiger partial charge < -0.3 is 5.73 Å². The third-order valence-electron chi connectivity index (χ3n) is 0.411. The van der Waals surface area contributed by atoms with Crippen LogP contribution in [0.15, 0.2) is 0 Å². The van der Waals surface area contributed by atoms with Crippen molar-refractivity contribution in [2.75, 3.05) is 6.26 Å². The van der Waals surface area contributed by atoms with Crippen LogP contribution in [-0.2, 0) is 0 Å². The van der Waals surface area contributed by atoms with Gasteiger partial charge in [-0.1, -0.05) is 11.8 Å². The molecule has 0 atom stereocenters. The molecule has 0 aliphatic carbocycles. The second-order valence-electron chi connectivity index (χ2n) is 0.981. The van der Waals surface area contributed by atoms with Crippen molar-refractivity contribution in [2.24, 2.45) is 5.73 Å². The summed E-state index contributed by atoms with van der Waals surface area (Å²) in [5.41, 5.74) is 4.96. The molecule has 8 heavy (non-hydrogen) atoms. The number of nitrogens with one attached hydrogen (secondary N) is 1. The summed E-state index contributed by atoms with van der Waals surface area (Å²) in [6, 6.07) is 0. The lowest BCUT2D eigenvalue weighted by Gasteiger charge is -1.95. The molecule has 0 aliphatic rings. The molecule has 3 N–H and O–H groups in total. The van der Waals surface area contributed by atoms with Crippen molar-refractivity contribution in [1.82, 2.24) is 5.32 Å². The molecule has 0 saturated carbocycles. The summed E-state index contributed by atoms with van der Waals surface area (Å²) in [5.74, 6) is 0. The summed E-state index contributed by atoms with van der Waals surface area (Å²) in [6.07, 6.45) is 1.65. The third-order valence-corrected chi connectivity index (χ3v) is 0.986. The van der Waals surface area contributed by atoms with Crippen molar-refractivity contribution in [3.05, 3.63) is 0 Å². The second-order valence-corrected chi connectivity index (χ2v) is 2.20. The fraction of sp³-hybridized carbons (Fsp3) is 0.333. The molecule has 0 spiro atoms. The summed E-state index contributed by atoms with van der Waals surface area (Å²) in [4.78, 5) is 10.3. The van der Waals surface area contributed by atoms with E-state index in [1.165, 1.54) is 0 Å². The van der Waals surface area contributed by atoms with Crippen LogP contribution in [0.25, 0.3) is 0 Å². The molecule has 0 bridgehead atoms. The fourth-order valence-corrected chi connectivity index (χ4v) is 0.521. The van der Waals surface area contributed by atoms with Crippen LogP contribution in [0, 0.1) is 0 Å². The molecule has 3 nitrogen and oxygen atoms in total. The molecule has 0 fully saturated rings. The summed E-state index contributed by atoms with van der Waals surface area (Å²) >= 11 is 5.41. The first-order valence-electron chi connectivity index (χ1n) is 1.81. The first-order valence-corrected chi connectivity index (χ1v) is 3.44. The summed E-state index contributed by atoms with van der Waals surface area (Å²) in [6.45, 7) is 0. The maximum Gasteiger partial charge on any atom is 0.284 e. The standard InChI is InChI=1S/C3H6N2OS2/c1-8-3(6)5-2(4)7/h1H3,(H3,4,5,6,7). The Kier molecular flexibility index (Phi) is 3.55. The number of thioether (sulfide) groups is 1. The van der Waals surface area contributed by atoms with Gasteiger partial charge in [-0.3, -0.25) is 10.1 Å². The van der Waals surface area contributed by atoms with E-state index in [0.29, 0.717) is 0 Å². The number of amides is 1. The first-order chi connectivity index (χ1) is 3.66. The Bertz CT molecular complexity index is 114. The summed E-state index contributed by atoms with van der Waals surface area (Å²) < 4.78 is 0. The van der Waals surface area contributed by atoms with Gasteiger partial charge in [-0.15, -0.1) is 0 Å². The molecular formula is C3H6N2OS2. The SMILES string of the molecule is CSC(=O)NC(N)=S. The van der Waals surface area contributed by atoms with E-state index in [0.717, 1.165) is 11.8 Å². The molecule has 0 aromatic carbocycles. The van der Waals surface area contributed by atoms with Crippen molar-refractivity contribution in [1.29, 1.82) is 0 Å². The van der Waals surface area contributed by atoms with E-state index in [2.05, 4.69) is 17.5 Å². The average molecular weight is 150 g/mol. The average Bonchev–Trinajstić information content (AvgIpc) is 1.65. The highest BCUT2D eigenvalue weighted by Crippen LogP contribution is 1.90. The van der Waals surface area contributed by atoms with Gasteiger partial charge >= 0.3 is 0 Å². The van der Waals surface area contributed by atoms with Gasteiger partial charge in [-0.25, -0.2) is 0 Å². The lowest BCUT2D eigenvalue weighted by atomic mass is 11.1. The molecule has 46 valence electrons. The molecule has 0 aromatic rings. The van der Waals surface area contributed by atoms with E-state index in [1.807, 2.05) is 0 Å². The van der Waals surface area contributed by atoms with Crippen LogP contribution in [0.1, 0.15) is 0 Å². The van der Waals surface area contributed by atoms with Crippen LogP contribution >= 0.6 is 24.0 Å². The topological polar surface area (TPSA) is 55.1 Å². The minimum absolute atomic E-state index is 0.0179. The van der Waals surface area contributed by atoms with Crippen molar-refractivity contribution >= 4 is 34.3 Å². The lowest BCUT2D eigenvalue weighted by Crippen LogP contribution is -2.31. The number of carbonyl (C=O) groups is 1. The molecule has 0 aromatic heterocycles. The zero-order valence-corrected chi connectivity index (χ0v) is 5.94. The van der Waals surface area contributed by atoms with Crippen LogP contribution in [-0.4, -0.2) is 16.6 Å². The highest BCUT2D eigenvalue weighted by molar-refractivity contribution is 8.13. The van der Waals surface area contributed by atoms with Gasteiger partial charge in [0.2, 0.25) is 0 Å². The van der Waals surface area contributed by atoms with Gasteiger partial charge in [0.1, 0.15) is 0 Å². The van der Waals surface area contributed by atoms with Crippen molar-refractivity contribution in [2.45, 2.75) is 0 Å². The molecule has 0 rings (SSSR count). The molecule has 0 aliphatic heterocycles. The lowest BCUT2D eigenvalue weighted by molar-refractivity contribution is 0.264. The van der Waals surface area contributed by atoms with Gasteiger partial charge in [-0.2, -0.15) is 0 Å². The highest BCUT2D eigenvalue weighted by Gasteiger charge is 1.94. The number of carbonyl (C=O) groups excluding carboxylic acids is 1. The van der Waals surface area contributed by atoms with Crippen LogP contribution in [0.5, 0.6) is 0 Å². The molecule has 0 saturated heterocycles. The van der Waals surface area contributed by atoms with Crippen LogP contribution in [0.3, 0.4) is 0 Å². The summed E-state index contributed by atoms with van der Waals surface area (Å²) in [5, 5.41) is 2.02. The number of hydrogen-bond acceptors (Lipinski definition) is 3. The molecule has 1 amide bonds. The Morgan fingerprint density at radius 1 is 1.88 bits per heavy atom. The maximum atomic E-state index is 10.3. The number of hydrogen-bond donors (Lipinski definition) is 2. The highest BCUT2D eigenvalue weighted by atomic mass is 32.2. The van der Waals surface area contributed by atoms with E-state index >= 15 is 0 Å². The molecule has 5 heteroatoms. The van der Waals surface area contributed by atoms with Crippen LogP contribution < -0.4 is 11.1 Å². The normalized spacial score (nSPS) is 8.12. The Morgan fingerprint density at radius 2 is 2.38 bits per heavy atom. The Balaban J connectivity index is 3.40. The zero-order valence-electron chi connectivity index (χ0n) is 4.30. The molecule has 0 heterocycles. The molecule has 0 radical (unpaired) electrons. The second kappa shape index (κ2) is 3.68. The van der Waals surface area contributed by atoms with E-state index < -0.39 is 0 Å². The van der Waals surface area contributed by atoms with Crippen molar-refractivity contribution in [3.63, 3.8) is 0 Å². The van der Waals surface area contributed by atoms with Gasteiger partial charge in [0.15, 0.2) is 5.11 Å². The van der Waals surface area contributed by atoms with Gasteiger partial charge in [0, 0.05) is 0 Å². The zero-order chi connectivity index (χ0) is 6.57. The van der Waals surface area contributed by atoms with Crippen molar-refractivity contribution < 1.29 is 4.79 Å². The maximum absolute atomic E-state index is 10.3. The van der Waals surface area contributed by atoms with Gasteiger partial charge in [0.25, 0.3) is 5.24 Å². The molecular weight excluding hydrogens is 144 g/mol.